The molecule has 6 unspecified atom stereocenters. The van der Waals surface area contributed by atoms with Gasteiger partial charge in [-0.05, 0) is 25.5 Å². The Balaban J connectivity index is 1.43. The number of imide groups is 1. The Morgan fingerprint density at radius 2 is 1.58 bits per heavy atom. The van der Waals surface area contributed by atoms with Crippen LogP contribution >= 0.6 is 0 Å². The lowest BCUT2D eigenvalue weighted by Gasteiger charge is -2.16. The minimum absolute atomic E-state index is 0.0112. The maximum absolute atomic E-state index is 12.6. The molecule has 4 aliphatic rings. The molecule has 7 nitrogen and oxygen atoms in total. The molecule has 2 saturated carbocycles. The molecule has 2 aliphatic carbocycles. The predicted molar refractivity (Wildman–Crippen MR) is 78.5 cm³/mol. The summed E-state index contributed by atoms with van der Waals surface area (Å²) in [5, 5.41) is 0.467. The summed E-state index contributed by atoms with van der Waals surface area (Å²) >= 11 is 0. The van der Waals surface area contributed by atoms with Crippen molar-refractivity contribution in [3.8, 4) is 0 Å². The molecule has 1 aromatic rings. The molecule has 4 fully saturated rings. The van der Waals surface area contributed by atoms with E-state index >= 15 is 0 Å². The Labute approximate surface area is 138 Å². The molecule has 2 saturated heterocycles. The van der Waals surface area contributed by atoms with Gasteiger partial charge < -0.3 is 4.74 Å². The highest BCUT2D eigenvalue weighted by atomic mass is 32.2. The van der Waals surface area contributed by atoms with Crippen LogP contribution in [0.1, 0.15) is 12.0 Å². The zero-order valence-corrected chi connectivity index (χ0v) is 13.6. The van der Waals surface area contributed by atoms with E-state index < -0.39 is 33.8 Å². The number of hydrogen-bond donors (Lipinski definition) is 0. The summed E-state index contributed by atoms with van der Waals surface area (Å²) in [5.41, 5.74) is 0.896. The molecule has 126 valence electrons. The van der Waals surface area contributed by atoms with Crippen LogP contribution in [0.15, 0.2) is 29.2 Å². The molecule has 8 heteroatoms. The van der Waals surface area contributed by atoms with E-state index in [-0.39, 0.29) is 28.9 Å². The largest absolute Gasteiger partial charge is 0.369 e. The van der Waals surface area contributed by atoms with Crippen LogP contribution in [0, 0.1) is 30.6 Å². The van der Waals surface area contributed by atoms with Gasteiger partial charge in [0.2, 0.25) is 0 Å². The number of ether oxygens (including phenoxy) is 1. The molecule has 2 heterocycles. The number of nitrogens with zero attached hydrogens (tertiary/aromatic N) is 1. The fourth-order valence-corrected chi connectivity index (χ4v) is 5.51. The maximum atomic E-state index is 12.6. The van der Waals surface area contributed by atoms with E-state index in [1.165, 1.54) is 12.1 Å². The van der Waals surface area contributed by atoms with Crippen molar-refractivity contribution in [2.24, 2.45) is 23.7 Å². The van der Waals surface area contributed by atoms with Gasteiger partial charge in [0.05, 0.1) is 28.9 Å². The SMILES string of the molecule is Cc1ccc(S(=O)(=O)ON2C(=O)C3C4CC(C5OC45)C3C2=O)cc1. The molecule has 2 amide bonds. The summed E-state index contributed by atoms with van der Waals surface area (Å²) in [6, 6.07) is 6.04. The molecular weight excluding hydrogens is 334 g/mol. The number of epoxide rings is 1. The summed E-state index contributed by atoms with van der Waals surface area (Å²) in [6.07, 6.45) is 0.920. The first-order chi connectivity index (χ1) is 11.4. The van der Waals surface area contributed by atoms with Crippen molar-refractivity contribution in [1.29, 1.82) is 0 Å². The molecule has 0 N–H and O–H groups in total. The Hall–Kier alpha value is -1.77. The van der Waals surface area contributed by atoms with Gasteiger partial charge in [-0.25, -0.2) is 0 Å². The number of fused-ring (bicyclic) bond motifs is 8. The Morgan fingerprint density at radius 3 is 2.12 bits per heavy atom. The van der Waals surface area contributed by atoms with Gasteiger partial charge in [0.25, 0.3) is 11.8 Å². The minimum atomic E-state index is -4.22. The molecule has 0 spiro atoms. The molecular formula is C16H15NO6S. The van der Waals surface area contributed by atoms with Crippen molar-refractivity contribution in [3.05, 3.63) is 29.8 Å². The van der Waals surface area contributed by atoms with Crippen LogP contribution < -0.4 is 0 Å². The van der Waals surface area contributed by atoms with Crippen LogP contribution in [-0.2, 0) is 28.7 Å². The monoisotopic (exact) mass is 349 g/mol. The fourth-order valence-electron chi connectivity index (χ4n) is 4.61. The molecule has 0 radical (unpaired) electrons. The number of carbonyl (C=O) groups is 2. The van der Waals surface area contributed by atoms with Crippen molar-refractivity contribution in [1.82, 2.24) is 5.06 Å². The molecule has 24 heavy (non-hydrogen) atoms. The van der Waals surface area contributed by atoms with E-state index in [1.807, 2.05) is 6.92 Å². The average Bonchev–Trinajstić information content (AvgIpc) is 3.08. The second kappa shape index (κ2) is 4.44. The van der Waals surface area contributed by atoms with Gasteiger partial charge in [-0.3, -0.25) is 9.59 Å². The van der Waals surface area contributed by atoms with Gasteiger partial charge in [0, 0.05) is 11.8 Å². The molecule has 6 atom stereocenters. The van der Waals surface area contributed by atoms with E-state index in [0.717, 1.165) is 12.0 Å². The van der Waals surface area contributed by atoms with Crippen molar-refractivity contribution in [3.63, 3.8) is 0 Å². The van der Waals surface area contributed by atoms with Gasteiger partial charge in [-0.15, -0.1) is 9.35 Å². The van der Waals surface area contributed by atoms with Crippen molar-refractivity contribution in [2.45, 2.75) is 30.4 Å². The second-order valence-corrected chi connectivity index (χ2v) is 8.52. The van der Waals surface area contributed by atoms with Crippen LogP contribution in [0.2, 0.25) is 0 Å². The second-order valence-electron chi connectivity index (χ2n) is 6.99. The van der Waals surface area contributed by atoms with Gasteiger partial charge in [0.1, 0.15) is 0 Å². The highest BCUT2D eigenvalue weighted by Crippen LogP contribution is 2.64. The van der Waals surface area contributed by atoms with Crippen LogP contribution in [0.25, 0.3) is 0 Å². The zero-order valence-electron chi connectivity index (χ0n) is 12.8. The van der Waals surface area contributed by atoms with Crippen molar-refractivity contribution in [2.75, 3.05) is 0 Å². The van der Waals surface area contributed by atoms with Gasteiger partial charge in [0.15, 0.2) is 0 Å². The van der Waals surface area contributed by atoms with Crippen LogP contribution in [0.5, 0.6) is 0 Å². The zero-order chi connectivity index (χ0) is 16.8. The predicted octanol–water partition coefficient (Wildman–Crippen LogP) is 0.634. The summed E-state index contributed by atoms with van der Waals surface area (Å²) < 4.78 is 35.2. The molecule has 1 aromatic carbocycles. The quantitative estimate of drug-likeness (QED) is 0.587. The topological polar surface area (TPSA) is 93.3 Å². The minimum Gasteiger partial charge on any atom is -0.369 e. The number of hydrogen-bond acceptors (Lipinski definition) is 6. The maximum Gasteiger partial charge on any atom is 0.318 e. The lowest BCUT2D eigenvalue weighted by atomic mass is 9.81. The van der Waals surface area contributed by atoms with E-state index in [0.29, 0.717) is 5.06 Å². The highest BCUT2D eigenvalue weighted by molar-refractivity contribution is 7.86. The van der Waals surface area contributed by atoms with Gasteiger partial charge in [-0.1, -0.05) is 17.7 Å². The summed E-state index contributed by atoms with van der Waals surface area (Å²) in [6.45, 7) is 1.83. The Bertz CT molecular complexity index is 831. The van der Waals surface area contributed by atoms with E-state index in [2.05, 4.69) is 0 Å². The number of carbonyl (C=O) groups excluding carboxylic acids is 2. The third-order valence-electron chi connectivity index (χ3n) is 5.71. The number of benzene rings is 1. The third kappa shape index (κ3) is 1.76. The van der Waals surface area contributed by atoms with Gasteiger partial charge >= 0.3 is 10.1 Å². The van der Waals surface area contributed by atoms with E-state index in [4.69, 9.17) is 9.02 Å². The summed E-state index contributed by atoms with van der Waals surface area (Å²) in [7, 11) is -4.22. The third-order valence-corrected chi connectivity index (χ3v) is 6.91. The fraction of sp³-hybridized carbons (Fsp3) is 0.500. The van der Waals surface area contributed by atoms with Crippen LogP contribution in [0.3, 0.4) is 0 Å². The van der Waals surface area contributed by atoms with Crippen LogP contribution in [-0.4, -0.2) is 37.5 Å². The standard InChI is InChI=1S/C16H15NO6S/c1-7-2-4-8(5-3-7)24(20,21)23-17-15(18)11-9-6-10(12(11)16(17)19)14-13(9)22-14/h2-5,9-14H,6H2,1H3. The van der Waals surface area contributed by atoms with Gasteiger partial charge in [-0.2, -0.15) is 8.42 Å². The highest BCUT2D eigenvalue weighted by Gasteiger charge is 2.74. The molecule has 5 rings (SSSR count). The van der Waals surface area contributed by atoms with E-state index in [9.17, 15) is 18.0 Å². The lowest BCUT2D eigenvalue weighted by molar-refractivity contribution is -0.167. The van der Waals surface area contributed by atoms with Crippen LogP contribution in [0.4, 0.5) is 0 Å². The number of rotatable bonds is 3. The number of aryl methyl sites for hydroxylation is 1. The van der Waals surface area contributed by atoms with Crippen molar-refractivity contribution >= 4 is 21.9 Å². The first kappa shape index (κ1) is 14.6. The summed E-state index contributed by atoms with van der Waals surface area (Å²) in [4.78, 5) is 25.1. The normalized spacial score (nSPS) is 39.3. The Kier molecular flexibility index (Phi) is 2.69. The molecule has 2 bridgehead atoms. The average molecular weight is 349 g/mol. The first-order valence-corrected chi connectivity index (χ1v) is 9.34. The molecule has 2 aliphatic heterocycles. The first-order valence-electron chi connectivity index (χ1n) is 7.93. The molecule has 0 aromatic heterocycles. The number of hydroxylamine groups is 2. The number of amides is 2. The lowest BCUT2D eigenvalue weighted by Crippen LogP contribution is -2.35. The summed E-state index contributed by atoms with van der Waals surface area (Å²) in [5.74, 6) is -2.09. The van der Waals surface area contributed by atoms with E-state index in [1.54, 1.807) is 12.1 Å². The Morgan fingerprint density at radius 1 is 1.04 bits per heavy atom. The van der Waals surface area contributed by atoms with Crippen molar-refractivity contribution < 1.29 is 27.0 Å². The smallest absolute Gasteiger partial charge is 0.318 e.